The fourth-order valence-electron chi connectivity index (χ4n) is 3.92. The van der Waals surface area contributed by atoms with Crippen molar-refractivity contribution in [2.24, 2.45) is 7.05 Å². The highest BCUT2D eigenvalue weighted by Crippen LogP contribution is 2.27. The normalized spacial score (nSPS) is 15.3. The summed E-state index contributed by atoms with van der Waals surface area (Å²) in [5, 5.41) is 4.69. The minimum atomic E-state index is 0.0382. The number of benzene rings is 1. The first kappa shape index (κ1) is 21.2. The van der Waals surface area contributed by atoms with Gasteiger partial charge in [-0.2, -0.15) is 5.10 Å². The Hall–Kier alpha value is -2.99. The molecule has 162 valence electrons. The van der Waals surface area contributed by atoms with Crippen LogP contribution in [0, 0.1) is 0 Å². The lowest BCUT2D eigenvalue weighted by atomic mass is 9.92. The number of piperazine rings is 1. The Kier molecular flexibility index (Phi) is 5.92. The van der Waals surface area contributed by atoms with Gasteiger partial charge in [-0.05, 0) is 29.3 Å². The Balaban J connectivity index is 1.35. The van der Waals surface area contributed by atoms with Crippen molar-refractivity contribution in [3.05, 3.63) is 71.7 Å². The highest BCUT2D eigenvalue weighted by molar-refractivity contribution is 5.93. The van der Waals surface area contributed by atoms with Crippen molar-refractivity contribution in [3.8, 4) is 11.3 Å². The van der Waals surface area contributed by atoms with Crippen molar-refractivity contribution in [3.63, 3.8) is 0 Å². The monoisotopic (exact) mass is 417 g/mol. The lowest BCUT2D eigenvalue weighted by Crippen LogP contribution is -2.48. The fourth-order valence-corrected chi connectivity index (χ4v) is 3.92. The van der Waals surface area contributed by atoms with E-state index in [2.05, 4.69) is 66.1 Å². The molecule has 3 heterocycles. The molecule has 1 aliphatic rings. The zero-order valence-corrected chi connectivity index (χ0v) is 18.9. The molecular formula is C25H31N5O. The number of amides is 1. The van der Waals surface area contributed by atoms with Crippen LogP contribution in [0.1, 0.15) is 42.4 Å². The van der Waals surface area contributed by atoms with E-state index < -0.39 is 0 Å². The van der Waals surface area contributed by atoms with E-state index in [-0.39, 0.29) is 11.3 Å². The van der Waals surface area contributed by atoms with Crippen molar-refractivity contribution >= 4 is 5.91 Å². The summed E-state index contributed by atoms with van der Waals surface area (Å²) >= 11 is 0. The first-order chi connectivity index (χ1) is 14.8. The zero-order valence-electron chi connectivity index (χ0n) is 18.9. The first-order valence-corrected chi connectivity index (χ1v) is 10.9. The van der Waals surface area contributed by atoms with Crippen LogP contribution in [0.5, 0.6) is 0 Å². The van der Waals surface area contributed by atoms with E-state index in [1.807, 2.05) is 28.8 Å². The van der Waals surface area contributed by atoms with Gasteiger partial charge in [-0.15, -0.1) is 0 Å². The predicted molar refractivity (Wildman–Crippen MR) is 123 cm³/mol. The molecule has 0 atom stereocenters. The van der Waals surface area contributed by atoms with Crippen molar-refractivity contribution < 1.29 is 4.79 Å². The molecule has 6 nitrogen and oxygen atoms in total. The molecule has 2 aromatic heterocycles. The standard InChI is InChI=1S/C25H31N5O/c1-25(2,3)23-16-22(28(4)27-23)20-9-7-19(8-10-20)18-29-12-14-30(15-13-29)24(31)21-6-5-11-26-17-21/h5-11,16-17H,12-15,18H2,1-4H3. The van der Waals surface area contributed by atoms with Crippen LogP contribution in [0.4, 0.5) is 0 Å². The number of nitrogens with zero attached hydrogens (tertiary/aromatic N) is 5. The Morgan fingerprint density at radius 1 is 1.03 bits per heavy atom. The lowest BCUT2D eigenvalue weighted by molar-refractivity contribution is 0.0628. The maximum atomic E-state index is 12.6. The van der Waals surface area contributed by atoms with E-state index in [9.17, 15) is 4.79 Å². The number of carbonyl (C=O) groups excluding carboxylic acids is 1. The van der Waals surface area contributed by atoms with E-state index in [0.29, 0.717) is 5.56 Å². The van der Waals surface area contributed by atoms with Gasteiger partial charge in [0.1, 0.15) is 0 Å². The summed E-state index contributed by atoms with van der Waals surface area (Å²) in [7, 11) is 2.00. The van der Waals surface area contributed by atoms with Gasteiger partial charge in [-0.3, -0.25) is 19.4 Å². The number of aromatic nitrogens is 3. The summed E-state index contributed by atoms with van der Waals surface area (Å²) < 4.78 is 1.97. The van der Waals surface area contributed by atoms with E-state index >= 15 is 0 Å². The summed E-state index contributed by atoms with van der Waals surface area (Å²) in [4.78, 5) is 21.0. The van der Waals surface area contributed by atoms with Crippen LogP contribution in [-0.4, -0.2) is 56.7 Å². The highest BCUT2D eigenvalue weighted by atomic mass is 16.2. The van der Waals surface area contributed by atoms with Crippen LogP contribution >= 0.6 is 0 Å². The van der Waals surface area contributed by atoms with Crippen LogP contribution in [0.15, 0.2) is 54.9 Å². The third kappa shape index (κ3) is 4.85. The zero-order chi connectivity index (χ0) is 22.0. The fraction of sp³-hybridized carbons (Fsp3) is 0.400. The maximum absolute atomic E-state index is 12.6. The molecule has 31 heavy (non-hydrogen) atoms. The molecule has 0 unspecified atom stereocenters. The Bertz CT molecular complexity index is 1030. The molecule has 0 aliphatic carbocycles. The largest absolute Gasteiger partial charge is 0.336 e. The predicted octanol–water partition coefficient (Wildman–Crippen LogP) is 3.74. The molecule has 4 rings (SSSR count). The van der Waals surface area contributed by atoms with Crippen LogP contribution < -0.4 is 0 Å². The highest BCUT2D eigenvalue weighted by Gasteiger charge is 2.22. The quantitative estimate of drug-likeness (QED) is 0.649. The second-order valence-corrected chi connectivity index (χ2v) is 9.30. The van der Waals surface area contributed by atoms with Crippen LogP contribution in [-0.2, 0) is 19.0 Å². The number of hydrogen-bond acceptors (Lipinski definition) is 4. The van der Waals surface area contributed by atoms with Crippen molar-refractivity contribution in [2.75, 3.05) is 26.2 Å². The Morgan fingerprint density at radius 2 is 1.74 bits per heavy atom. The van der Waals surface area contributed by atoms with E-state index in [4.69, 9.17) is 0 Å². The van der Waals surface area contributed by atoms with E-state index in [1.165, 1.54) is 11.1 Å². The molecule has 1 fully saturated rings. The molecule has 1 amide bonds. The SMILES string of the molecule is Cn1nc(C(C)(C)C)cc1-c1ccc(CN2CCN(C(=O)c3cccnc3)CC2)cc1. The maximum Gasteiger partial charge on any atom is 0.255 e. The minimum absolute atomic E-state index is 0.0382. The summed E-state index contributed by atoms with van der Waals surface area (Å²) in [6.45, 7) is 10.7. The lowest BCUT2D eigenvalue weighted by Gasteiger charge is -2.34. The molecule has 1 saturated heterocycles. The topological polar surface area (TPSA) is 54.3 Å². The third-order valence-corrected chi connectivity index (χ3v) is 5.87. The van der Waals surface area contributed by atoms with Crippen LogP contribution in [0.3, 0.4) is 0 Å². The van der Waals surface area contributed by atoms with Crippen molar-refractivity contribution in [2.45, 2.75) is 32.7 Å². The molecule has 0 saturated carbocycles. The van der Waals surface area contributed by atoms with Gasteiger partial charge >= 0.3 is 0 Å². The Morgan fingerprint density at radius 3 is 2.32 bits per heavy atom. The van der Waals surface area contributed by atoms with Crippen molar-refractivity contribution in [1.82, 2.24) is 24.6 Å². The van der Waals surface area contributed by atoms with Gasteiger partial charge in [0, 0.05) is 57.6 Å². The summed E-state index contributed by atoms with van der Waals surface area (Å²) in [5.41, 5.74) is 5.41. The average molecular weight is 418 g/mol. The molecule has 6 heteroatoms. The van der Waals surface area contributed by atoms with E-state index in [0.717, 1.165) is 44.1 Å². The van der Waals surface area contributed by atoms with Crippen molar-refractivity contribution in [1.29, 1.82) is 0 Å². The van der Waals surface area contributed by atoms with Gasteiger partial charge in [0.15, 0.2) is 0 Å². The molecule has 0 bridgehead atoms. The third-order valence-electron chi connectivity index (χ3n) is 5.87. The number of pyridine rings is 1. The molecule has 1 aromatic carbocycles. The number of rotatable bonds is 4. The molecule has 0 radical (unpaired) electrons. The number of hydrogen-bond donors (Lipinski definition) is 0. The smallest absolute Gasteiger partial charge is 0.255 e. The summed E-state index contributed by atoms with van der Waals surface area (Å²) in [5.74, 6) is 0.0721. The van der Waals surface area contributed by atoms with Gasteiger partial charge in [-0.25, -0.2) is 0 Å². The second-order valence-electron chi connectivity index (χ2n) is 9.30. The van der Waals surface area contributed by atoms with Crippen LogP contribution in [0.25, 0.3) is 11.3 Å². The number of carbonyl (C=O) groups is 1. The number of aryl methyl sites for hydroxylation is 1. The van der Waals surface area contributed by atoms with Gasteiger partial charge in [-0.1, -0.05) is 45.0 Å². The molecule has 0 spiro atoms. The average Bonchev–Trinajstić information content (AvgIpc) is 3.17. The van der Waals surface area contributed by atoms with Gasteiger partial charge in [0.05, 0.1) is 17.0 Å². The second kappa shape index (κ2) is 8.63. The summed E-state index contributed by atoms with van der Waals surface area (Å²) in [6, 6.07) is 14.6. The van der Waals surface area contributed by atoms with Gasteiger partial charge in [0.2, 0.25) is 0 Å². The van der Waals surface area contributed by atoms with Gasteiger partial charge in [0.25, 0.3) is 5.91 Å². The van der Waals surface area contributed by atoms with Crippen LogP contribution in [0.2, 0.25) is 0 Å². The minimum Gasteiger partial charge on any atom is -0.336 e. The van der Waals surface area contributed by atoms with E-state index in [1.54, 1.807) is 12.4 Å². The molecule has 1 aliphatic heterocycles. The molecule has 3 aromatic rings. The summed E-state index contributed by atoms with van der Waals surface area (Å²) in [6.07, 6.45) is 3.33. The molecular weight excluding hydrogens is 386 g/mol. The Labute approximate surface area is 184 Å². The van der Waals surface area contributed by atoms with Gasteiger partial charge < -0.3 is 4.90 Å². The molecule has 0 N–H and O–H groups in total. The first-order valence-electron chi connectivity index (χ1n) is 10.9.